The van der Waals surface area contributed by atoms with Gasteiger partial charge in [0.15, 0.2) is 0 Å². The van der Waals surface area contributed by atoms with Gasteiger partial charge in [0.25, 0.3) is 0 Å². The third-order valence-electron chi connectivity index (χ3n) is 4.96. The smallest absolute Gasteiger partial charge is 0.307 e. The summed E-state index contributed by atoms with van der Waals surface area (Å²) in [6.45, 7) is 3.42. The maximum absolute atomic E-state index is 12.9. The average molecular weight is 459 g/mol. The fourth-order valence-electron chi connectivity index (χ4n) is 3.36. The van der Waals surface area contributed by atoms with E-state index in [1.165, 1.54) is 18.7 Å². The summed E-state index contributed by atoms with van der Waals surface area (Å²) in [5.41, 5.74) is 2.17. The van der Waals surface area contributed by atoms with Crippen molar-refractivity contribution in [2.45, 2.75) is 44.9 Å². The first-order valence-corrected chi connectivity index (χ1v) is 10.2. The van der Waals surface area contributed by atoms with E-state index in [2.05, 4.69) is 17.2 Å². The predicted molar refractivity (Wildman–Crippen MR) is 114 cm³/mol. The molecule has 0 fully saturated rings. The maximum Gasteiger partial charge on any atom is 0.307 e. The number of aromatic nitrogens is 1. The van der Waals surface area contributed by atoms with E-state index in [1.807, 2.05) is 18.2 Å². The molecule has 0 saturated heterocycles. The van der Waals surface area contributed by atoms with E-state index < -0.39 is 18.2 Å². The zero-order valence-corrected chi connectivity index (χ0v) is 18.3. The molecule has 1 aliphatic rings. The highest BCUT2D eigenvalue weighted by Crippen LogP contribution is 2.32. The van der Waals surface area contributed by atoms with Gasteiger partial charge in [-0.05, 0) is 43.5 Å². The number of aliphatic carboxylic acids is 1. The highest BCUT2D eigenvalue weighted by molar-refractivity contribution is 6.36. The number of nitrogens with one attached hydrogen (secondary N) is 1. The van der Waals surface area contributed by atoms with Crippen LogP contribution in [0, 0.1) is 0 Å². The fourth-order valence-corrected chi connectivity index (χ4v) is 3.90. The number of nitrogens with zero attached hydrogens (tertiary/aromatic N) is 1. The second-order valence-electron chi connectivity index (χ2n) is 7.28. The van der Waals surface area contributed by atoms with Crippen LogP contribution in [0.4, 0.5) is 4.39 Å². The van der Waals surface area contributed by atoms with E-state index in [0.717, 1.165) is 24.1 Å². The molecule has 0 amide bonds. The van der Waals surface area contributed by atoms with Crippen molar-refractivity contribution in [3.8, 4) is 0 Å². The van der Waals surface area contributed by atoms with Gasteiger partial charge in [-0.15, -0.1) is 0 Å². The minimum Gasteiger partial charge on any atom is -0.481 e. The van der Waals surface area contributed by atoms with Gasteiger partial charge in [-0.1, -0.05) is 41.4 Å². The van der Waals surface area contributed by atoms with Gasteiger partial charge < -0.3 is 20.6 Å². The fraction of sp³-hybridized carbons (Fsp3) is 0.429. The van der Waals surface area contributed by atoms with Crippen molar-refractivity contribution in [3.63, 3.8) is 0 Å². The van der Waals surface area contributed by atoms with E-state index in [9.17, 15) is 14.3 Å². The van der Waals surface area contributed by atoms with Crippen molar-refractivity contribution < 1.29 is 24.5 Å². The normalized spacial score (nSPS) is 17.4. The summed E-state index contributed by atoms with van der Waals surface area (Å²) in [4.78, 5) is 14.2. The van der Waals surface area contributed by atoms with E-state index in [4.69, 9.17) is 33.4 Å². The van der Waals surface area contributed by atoms with Crippen LogP contribution in [-0.2, 0) is 29.8 Å². The van der Waals surface area contributed by atoms with Crippen LogP contribution < -0.4 is 5.32 Å². The standard InChI is InChI=1S/C13H18FNO.C8H7Cl2NO3/c1-9-10-4-3-5-12(13(2,16)8-14)11(10)6-7-15-9;9-5-2-11-6(3-12)8(10)4(5)1-7(13)14/h3-5,9,15-16H,6-8H2,1-2H3;2,12H,1,3H2,(H,13,14). The summed E-state index contributed by atoms with van der Waals surface area (Å²) in [5.74, 6) is -1.04. The number of rotatable bonds is 5. The number of pyridine rings is 1. The number of hydrogen-bond acceptors (Lipinski definition) is 5. The van der Waals surface area contributed by atoms with Gasteiger partial charge in [-0.25, -0.2) is 4.39 Å². The van der Waals surface area contributed by atoms with Crippen LogP contribution in [0.25, 0.3) is 0 Å². The van der Waals surface area contributed by atoms with Gasteiger partial charge in [-0.3, -0.25) is 9.78 Å². The molecule has 0 aliphatic carbocycles. The molecule has 0 radical (unpaired) electrons. The van der Waals surface area contributed by atoms with Gasteiger partial charge in [0.05, 0.1) is 28.8 Å². The van der Waals surface area contributed by atoms with Crippen molar-refractivity contribution in [2.75, 3.05) is 13.2 Å². The first kappa shape index (κ1) is 24.5. The van der Waals surface area contributed by atoms with Crippen LogP contribution in [-0.4, -0.2) is 39.5 Å². The Kier molecular flexibility index (Phi) is 8.58. The summed E-state index contributed by atoms with van der Waals surface area (Å²) in [6.07, 6.45) is 1.84. The number of aliphatic hydroxyl groups is 2. The minimum absolute atomic E-state index is 0.113. The topological polar surface area (TPSA) is 103 Å². The monoisotopic (exact) mass is 458 g/mol. The van der Waals surface area contributed by atoms with E-state index >= 15 is 0 Å². The molecule has 0 saturated carbocycles. The average Bonchev–Trinajstić information content (AvgIpc) is 2.71. The third kappa shape index (κ3) is 5.68. The Labute approximate surface area is 184 Å². The van der Waals surface area contributed by atoms with Crippen LogP contribution in [0.15, 0.2) is 24.4 Å². The lowest BCUT2D eigenvalue weighted by Crippen LogP contribution is -2.32. The number of benzene rings is 1. The van der Waals surface area contributed by atoms with Crippen molar-refractivity contribution in [1.82, 2.24) is 10.3 Å². The number of halogens is 3. The Hall–Kier alpha value is -1.77. The van der Waals surface area contributed by atoms with Gasteiger partial charge in [0.1, 0.15) is 12.3 Å². The predicted octanol–water partition coefficient (Wildman–Crippen LogP) is 3.58. The number of carboxylic acid groups (broad SMARTS) is 1. The second kappa shape index (κ2) is 10.5. The molecular weight excluding hydrogens is 434 g/mol. The van der Waals surface area contributed by atoms with E-state index in [1.54, 1.807) is 0 Å². The maximum atomic E-state index is 12.9. The molecule has 3 rings (SSSR count). The number of aliphatic hydroxyl groups excluding tert-OH is 1. The van der Waals surface area contributed by atoms with E-state index in [-0.39, 0.29) is 40.4 Å². The number of carboxylic acids is 1. The molecule has 2 unspecified atom stereocenters. The van der Waals surface area contributed by atoms with Gasteiger partial charge in [0, 0.05) is 17.8 Å². The summed E-state index contributed by atoms with van der Waals surface area (Å²) in [5, 5.41) is 31.1. The highest BCUT2D eigenvalue weighted by Gasteiger charge is 2.29. The zero-order valence-electron chi connectivity index (χ0n) is 16.8. The largest absolute Gasteiger partial charge is 0.481 e. The Morgan fingerprint density at radius 1 is 1.40 bits per heavy atom. The summed E-state index contributed by atoms with van der Waals surface area (Å²) in [7, 11) is 0. The highest BCUT2D eigenvalue weighted by atomic mass is 35.5. The zero-order chi connectivity index (χ0) is 22.5. The molecule has 4 N–H and O–H groups in total. The van der Waals surface area contributed by atoms with Crippen LogP contribution in [0.3, 0.4) is 0 Å². The Morgan fingerprint density at radius 2 is 2.10 bits per heavy atom. The van der Waals surface area contributed by atoms with Crippen molar-refractivity contribution in [3.05, 3.63) is 62.4 Å². The molecule has 0 bridgehead atoms. The number of hydrogen-bond donors (Lipinski definition) is 4. The lowest BCUT2D eigenvalue weighted by atomic mass is 9.84. The first-order chi connectivity index (χ1) is 14.1. The molecule has 9 heteroatoms. The van der Waals surface area contributed by atoms with Gasteiger partial charge in [0.2, 0.25) is 0 Å². The lowest BCUT2D eigenvalue weighted by molar-refractivity contribution is -0.136. The molecule has 30 heavy (non-hydrogen) atoms. The first-order valence-electron chi connectivity index (χ1n) is 9.40. The molecule has 6 nitrogen and oxygen atoms in total. The van der Waals surface area contributed by atoms with Gasteiger partial charge in [-0.2, -0.15) is 0 Å². The van der Waals surface area contributed by atoms with Crippen molar-refractivity contribution in [2.24, 2.45) is 0 Å². The molecule has 164 valence electrons. The van der Waals surface area contributed by atoms with Crippen LogP contribution in [0.2, 0.25) is 10.0 Å². The molecule has 1 aliphatic heterocycles. The van der Waals surface area contributed by atoms with Gasteiger partial charge >= 0.3 is 5.97 Å². The number of carbonyl (C=O) groups is 1. The third-order valence-corrected chi connectivity index (χ3v) is 5.73. The second-order valence-corrected chi connectivity index (χ2v) is 8.07. The van der Waals surface area contributed by atoms with Crippen molar-refractivity contribution in [1.29, 1.82) is 0 Å². The molecule has 2 heterocycles. The number of alkyl halides is 1. The molecule has 1 aromatic heterocycles. The Bertz CT molecular complexity index is 909. The van der Waals surface area contributed by atoms with Crippen LogP contribution in [0.5, 0.6) is 0 Å². The molecular formula is C21H25Cl2FN2O4. The lowest BCUT2D eigenvalue weighted by Gasteiger charge is -2.30. The Morgan fingerprint density at radius 3 is 2.70 bits per heavy atom. The van der Waals surface area contributed by atoms with Crippen LogP contribution in [0.1, 0.15) is 47.8 Å². The summed E-state index contributed by atoms with van der Waals surface area (Å²) >= 11 is 11.5. The summed E-state index contributed by atoms with van der Waals surface area (Å²) in [6, 6.07) is 6.04. The SMILES string of the molecule is CC1NCCc2c1cccc2C(C)(O)CF.O=C(O)Cc1c(Cl)cnc(CO)c1Cl. The molecule has 1 aromatic carbocycles. The van der Waals surface area contributed by atoms with Crippen molar-refractivity contribution >= 4 is 29.2 Å². The quantitative estimate of drug-likeness (QED) is 0.545. The minimum atomic E-state index is -1.36. The van der Waals surface area contributed by atoms with Crippen LogP contribution >= 0.6 is 23.2 Å². The molecule has 2 atom stereocenters. The summed E-state index contributed by atoms with van der Waals surface area (Å²) < 4.78 is 12.9. The number of fused-ring (bicyclic) bond motifs is 1. The molecule has 2 aromatic rings. The molecule has 0 spiro atoms. The Balaban J connectivity index is 0.000000216. The van der Waals surface area contributed by atoms with E-state index in [0.29, 0.717) is 0 Å².